The molecule has 0 atom stereocenters. The summed E-state index contributed by atoms with van der Waals surface area (Å²) < 4.78 is 38.9. The average molecular weight is 271 g/mol. The van der Waals surface area contributed by atoms with Crippen LogP contribution >= 0.6 is 12.4 Å². The SMILES string of the molecule is Cl.O=C(NCc1cccnc1)OCC(F)(F)F. The molecule has 1 aromatic rings. The van der Waals surface area contributed by atoms with Gasteiger partial charge in [-0.05, 0) is 11.6 Å². The second-order valence-electron chi connectivity index (χ2n) is 2.91. The number of pyridine rings is 1. The molecule has 1 rings (SSSR count). The maximum absolute atomic E-state index is 11.7. The minimum Gasteiger partial charge on any atom is -0.440 e. The zero-order valence-corrected chi connectivity index (χ0v) is 9.35. The maximum Gasteiger partial charge on any atom is 0.422 e. The predicted octanol–water partition coefficient (Wildman–Crippen LogP) is 2.29. The number of rotatable bonds is 3. The Hall–Kier alpha value is -1.50. The van der Waals surface area contributed by atoms with Crippen LogP contribution in [-0.4, -0.2) is 23.9 Å². The number of alkyl carbamates (subject to hydrolysis) is 1. The van der Waals surface area contributed by atoms with E-state index in [1.807, 2.05) is 0 Å². The molecule has 0 radical (unpaired) electrons. The summed E-state index contributed by atoms with van der Waals surface area (Å²) >= 11 is 0. The lowest BCUT2D eigenvalue weighted by Gasteiger charge is -2.08. The third-order valence-corrected chi connectivity index (χ3v) is 1.53. The van der Waals surface area contributed by atoms with Gasteiger partial charge in [-0.2, -0.15) is 13.2 Å². The molecule has 96 valence electrons. The summed E-state index contributed by atoms with van der Waals surface area (Å²) in [6.45, 7) is -1.52. The summed E-state index contributed by atoms with van der Waals surface area (Å²) in [5, 5.41) is 2.17. The molecular weight excluding hydrogens is 261 g/mol. The number of hydrogen-bond acceptors (Lipinski definition) is 3. The van der Waals surface area contributed by atoms with Crippen molar-refractivity contribution < 1.29 is 22.7 Å². The summed E-state index contributed by atoms with van der Waals surface area (Å²) in [7, 11) is 0. The number of carbonyl (C=O) groups excluding carboxylic acids is 1. The lowest BCUT2D eigenvalue weighted by Crippen LogP contribution is -2.28. The molecule has 1 N–H and O–H groups in total. The van der Waals surface area contributed by atoms with Crippen LogP contribution in [0.2, 0.25) is 0 Å². The average Bonchev–Trinajstić information content (AvgIpc) is 2.24. The molecule has 8 heteroatoms. The van der Waals surface area contributed by atoms with Gasteiger partial charge in [0.2, 0.25) is 0 Å². The quantitative estimate of drug-likeness (QED) is 0.917. The van der Waals surface area contributed by atoms with Gasteiger partial charge in [-0.3, -0.25) is 4.98 Å². The summed E-state index contributed by atoms with van der Waals surface area (Å²) in [6.07, 6.45) is -2.58. The third kappa shape index (κ3) is 7.40. The van der Waals surface area contributed by atoms with Crippen LogP contribution in [0.15, 0.2) is 24.5 Å². The van der Waals surface area contributed by atoms with Crippen LogP contribution in [-0.2, 0) is 11.3 Å². The number of halogens is 4. The van der Waals surface area contributed by atoms with Crippen molar-refractivity contribution in [3.63, 3.8) is 0 Å². The number of aromatic nitrogens is 1. The summed E-state index contributed by atoms with van der Waals surface area (Å²) in [4.78, 5) is 14.6. The first-order chi connectivity index (χ1) is 7.47. The van der Waals surface area contributed by atoms with Crippen LogP contribution in [0.1, 0.15) is 5.56 Å². The fraction of sp³-hybridized carbons (Fsp3) is 0.333. The molecule has 1 amide bonds. The van der Waals surface area contributed by atoms with Gasteiger partial charge >= 0.3 is 12.3 Å². The normalized spacial score (nSPS) is 10.3. The fourth-order valence-electron chi connectivity index (χ4n) is 0.875. The van der Waals surface area contributed by atoms with E-state index in [1.165, 1.54) is 6.20 Å². The van der Waals surface area contributed by atoms with Gasteiger partial charge in [0.15, 0.2) is 6.61 Å². The first-order valence-corrected chi connectivity index (χ1v) is 4.33. The van der Waals surface area contributed by atoms with Gasteiger partial charge in [0.05, 0.1) is 0 Å². The van der Waals surface area contributed by atoms with Gasteiger partial charge in [0.25, 0.3) is 0 Å². The number of carbonyl (C=O) groups is 1. The van der Waals surface area contributed by atoms with Crippen molar-refractivity contribution in [3.05, 3.63) is 30.1 Å². The summed E-state index contributed by atoms with van der Waals surface area (Å²) in [6, 6.07) is 3.33. The number of nitrogens with one attached hydrogen (secondary N) is 1. The van der Waals surface area contributed by atoms with Crippen molar-refractivity contribution in [1.82, 2.24) is 10.3 Å². The molecule has 0 aromatic carbocycles. The van der Waals surface area contributed by atoms with Crippen molar-refractivity contribution in [1.29, 1.82) is 0 Å². The lowest BCUT2D eigenvalue weighted by atomic mass is 10.3. The molecule has 0 spiro atoms. The van der Waals surface area contributed by atoms with Gasteiger partial charge in [0, 0.05) is 18.9 Å². The predicted molar refractivity (Wildman–Crippen MR) is 55.7 cm³/mol. The Morgan fingerprint density at radius 1 is 1.47 bits per heavy atom. The summed E-state index contributed by atoms with van der Waals surface area (Å²) in [5.74, 6) is 0. The Labute approximate surface area is 102 Å². The number of nitrogens with zero attached hydrogens (tertiary/aromatic N) is 1. The monoisotopic (exact) mass is 270 g/mol. The highest BCUT2D eigenvalue weighted by molar-refractivity contribution is 5.85. The van der Waals surface area contributed by atoms with Crippen molar-refractivity contribution in [2.24, 2.45) is 0 Å². The van der Waals surface area contributed by atoms with Gasteiger partial charge in [-0.15, -0.1) is 12.4 Å². The second kappa shape index (κ2) is 6.95. The maximum atomic E-state index is 11.7. The molecule has 4 nitrogen and oxygen atoms in total. The number of alkyl halides is 3. The Balaban J connectivity index is 0.00000256. The topological polar surface area (TPSA) is 51.2 Å². The minimum atomic E-state index is -4.51. The number of ether oxygens (including phenoxy) is 1. The number of amides is 1. The molecule has 1 heterocycles. The standard InChI is InChI=1S/C9H9F3N2O2.ClH/c10-9(11,12)6-16-8(15)14-5-7-2-1-3-13-4-7;/h1-4H,5-6H2,(H,14,15);1H. The van der Waals surface area contributed by atoms with Gasteiger partial charge in [0.1, 0.15) is 0 Å². The highest BCUT2D eigenvalue weighted by Crippen LogP contribution is 2.14. The Morgan fingerprint density at radius 3 is 2.71 bits per heavy atom. The van der Waals surface area contributed by atoms with E-state index in [4.69, 9.17) is 0 Å². The molecule has 0 bridgehead atoms. The molecule has 0 fully saturated rings. The van der Waals surface area contributed by atoms with Crippen LogP contribution in [0.5, 0.6) is 0 Å². The Morgan fingerprint density at radius 2 is 2.18 bits per heavy atom. The van der Waals surface area contributed by atoms with Crippen LogP contribution in [0.25, 0.3) is 0 Å². The smallest absolute Gasteiger partial charge is 0.422 e. The first kappa shape index (κ1) is 15.5. The lowest BCUT2D eigenvalue weighted by molar-refractivity contribution is -0.160. The molecular formula is C9H10ClF3N2O2. The number of hydrogen-bond donors (Lipinski definition) is 1. The Kier molecular flexibility index (Phi) is 6.34. The fourth-order valence-corrected chi connectivity index (χ4v) is 0.875. The molecule has 0 aliphatic carbocycles. The van der Waals surface area contributed by atoms with Crippen molar-refractivity contribution in [2.45, 2.75) is 12.7 Å². The van der Waals surface area contributed by atoms with Crippen LogP contribution in [0, 0.1) is 0 Å². The molecule has 1 aromatic heterocycles. The van der Waals surface area contributed by atoms with E-state index in [9.17, 15) is 18.0 Å². The van der Waals surface area contributed by atoms with Crippen LogP contribution in [0.4, 0.5) is 18.0 Å². The van der Waals surface area contributed by atoms with Crippen LogP contribution < -0.4 is 5.32 Å². The Bertz CT molecular complexity index is 346. The zero-order valence-electron chi connectivity index (χ0n) is 8.53. The van der Waals surface area contributed by atoms with E-state index in [2.05, 4.69) is 15.0 Å². The molecule has 0 aliphatic rings. The second-order valence-corrected chi connectivity index (χ2v) is 2.91. The van der Waals surface area contributed by atoms with E-state index in [1.54, 1.807) is 18.3 Å². The van der Waals surface area contributed by atoms with Crippen molar-refractivity contribution >= 4 is 18.5 Å². The molecule has 0 aliphatic heterocycles. The molecule has 17 heavy (non-hydrogen) atoms. The van der Waals surface area contributed by atoms with Gasteiger partial charge in [-0.25, -0.2) is 4.79 Å². The van der Waals surface area contributed by atoms with E-state index in [-0.39, 0.29) is 19.0 Å². The molecule has 0 saturated heterocycles. The molecule has 0 unspecified atom stereocenters. The van der Waals surface area contributed by atoms with Crippen LogP contribution in [0.3, 0.4) is 0 Å². The first-order valence-electron chi connectivity index (χ1n) is 4.33. The highest BCUT2D eigenvalue weighted by atomic mass is 35.5. The van der Waals surface area contributed by atoms with Gasteiger partial charge in [-0.1, -0.05) is 6.07 Å². The third-order valence-electron chi connectivity index (χ3n) is 1.53. The largest absolute Gasteiger partial charge is 0.440 e. The highest BCUT2D eigenvalue weighted by Gasteiger charge is 2.29. The minimum absolute atomic E-state index is 0. The van der Waals surface area contributed by atoms with Crippen molar-refractivity contribution in [3.8, 4) is 0 Å². The van der Waals surface area contributed by atoms with E-state index in [0.717, 1.165) is 0 Å². The summed E-state index contributed by atoms with van der Waals surface area (Å²) in [5.41, 5.74) is 0.673. The zero-order chi connectivity index (χ0) is 12.0. The van der Waals surface area contributed by atoms with E-state index >= 15 is 0 Å². The van der Waals surface area contributed by atoms with Crippen molar-refractivity contribution in [2.75, 3.05) is 6.61 Å². The van der Waals surface area contributed by atoms with E-state index < -0.39 is 18.9 Å². The molecule has 0 saturated carbocycles. The van der Waals surface area contributed by atoms with E-state index in [0.29, 0.717) is 5.56 Å². The van der Waals surface area contributed by atoms with Gasteiger partial charge < -0.3 is 10.1 Å².